The van der Waals surface area contributed by atoms with Gasteiger partial charge in [0.2, 0.25) is 0 Å². The van der Waals surface area contributed by atoms with Crippen LogP contribution >= 0.6 is 0 Å². The third kappa shape index (κ3) is 8.91. The van der Waals surface area contributed by atoms with Crippen LogP contribution in [0.4, 0.5) is 21.1 Å². The van der Waals surface area contributed by atoms with Crippen molar-refractivity contribution in [3.63, 3.8) is 0 Å². The summed E-state index contributed by atoms with van der Waals surface area (Å²) in [5.41, 5.74) is 3.46. The van der Waals surface area contributed by atoms with Crippen molar-refractivity contribution in [1.29, 1.82) is 0 Å². The van der Waals surface area contributed by atoms with Crippen LogP contribution in [0, 0.1) is 0 Å². The number of carbonyl (C=O) groups excluding carboxylic acids is 2. The van der Waals surface area contributed by atoms with E-state index in [0.717, 1.165) is 38.5 Å². The van der Waals surface area contributed by atoms with Gasteiger partial charge in [0.1, 0.15) is 18.2 Å². The highest BCUT2D eigenvalue weighted by molar-refractivity contribution is 7.87. The number of nitrogens with one attached hydrogen (secondary N) is 3. The van der Waals surface area contributed by atoms with E-state index >= 15 is 0 Å². The number of rotatable bonds is 11. The fraction of sp³-hybridized carbons (Fsp3) is 0.257. The van der Waals surface area contributed by atoms with Gasteiger partial charge in [-0.05, 0) is 47.5 Å². The van der Waals surface area contributed by atoms with Crippen LogP contribution in [0.5, 0.6) is 5.75 Å². The van der Waals surface area contributed by atoms with Crippen LogP contribution in [0.25, 0.3) is 16.5 Å². The summed E-state index contributed by atoms with van der Waals surface area (Å²) >= 11 is 0. The second-order valence-corrected chi connectivity index (χ2v) is 14.3. The number of aromatic nitrogens is 3. The van der Waals surface area contributed by atoms with Gasteiger partial charge in [-0.1, -0.05) is 57.2 Å². The maximum Gasteiger partial charge on any atom is 0.422 e. The van der Waals surface area contributed by atoms with Crippen molar-refractivity contribution in [1.82, 2.24) is 23.8 Å². The molecule has 2 aromatic heterocycles. The molecule has 13 nitrogen and oxygen atoms in total. The third-order valence-corrected chi connectivity index (χ3v) is 8.88. The molecule has 3 aromatic carbocycles. The summed E-state index contributed by atoms with van der Waals surface area (Å²) in [4.78, 5) is 29.5. The van der Waals surface area contributed by atoms with Crippen molar-refractivity contribution in [3.05, 3.63) is 108 Å². The quantitative estimate of drug-likeness (QED) is 0.153. The van der Waals surface area contributed by atoms with Crippen LogP contribution < -0.4 is 20.1 Å². The summed E-state index contributed by atoms with van der Waals surface area (Å²) in [7, 11) is -1.37. The second-order valence-electron chi connectivity index (χ2n) is 12.4. The molecule has 3 amide bonds. The van der Waals surface area contributed by atoms with Crippen LogP contribution in [-0.4, -0.2) is 60.3 Å². The van der Waals surface area contributed by atoms with E-state index in [2.05, 4.69) is 15.6 Å². The van der Waals surface area contributed by atoms with Gasteiger partial charge >= 0.3 is 22.3 Å². The van der Waals surface area contributed by atoms with Crippen LogP contribution in [0.2, 0.25) is 0 Å². The van der Waals surface area contributed by atoms with E-state index in [4.69, 9.17) is 14.6 Å². The molecule has 0 aliphatic rings. The van der Waals surface area contributed by atoms with Gasteiger partial charge < -0.3 is 14.8 Å². The zero-order chi connectivity index (χ0) is 35.2. The first-order chi connectivity index (χ1) is 23.3. The van der Waals surface area contributed by atoms with E-state index in [1.54, 1.807) is 41.3 Å². The van der Waals surface area contributed by atoms with Gasteiger partial charge in [0.25, 0.3) is 0 Å². The summed E-state index contributed by atoms with van der Waals surface area (Å²) in [6, 6.07) is 23.6. The fourth-order valence-corrected chi connectivity index (χ4v) is 5.20. The molecule has 0 unspecified atom stereocenters. The first kappa shape index (κ1) is 34.9. The van der Waals surface area contributed by atoms with Gasteiger partial charge in [-0.3, -0.25) is 10.3 Å². The Morgan fingerprint density at radius 2 is 1.57 bits per heavy atom. The Morgan fingerprint density at radius 3 is 2.24 bits per heavy atom. The van der Waals surface area contributed by atoms with Gasteiger partial charge in [-0.2, -0.15) is 17.8 Å². The number of benzene rings is 3. The number of anilines is 2. The van der Waals surface area contributed by atoms with Crippen molar-refractivity contribution in [2.75, 3.05) is 31.3 Å². The number of fused-ring (bicyclic) bond motifs is 1. The molecular weight excluding hydrogens is 646 g/mol. The smallest absolute Gasteiger partial charge is 0.422 e. The average Bonchev–Trinajstić information content (AvgIpc) is 3.49. The molecular formula is C35H39N7O6S. The van der Waals surface area contributed by atoms with Crippen LogP contribution in [0.3, 0.4) is 0 Å². The average molecular weight is 686 g/mol. The lowest BCUT2D eigenvalue weighted by molar-refractivity contribution is 0.145. The molecule has 0 radical (unpaired) electrons. The summed E-state index contributed by atoms with van der Waals surface area (Å²) in [5.74, 6) is 1.16. The Kier molecular flexibility index (Phi) is 10.5. The number of nitrogens with zero attached hydrogens (tertiary/aromatic N) is 4. The standard InChI is InChI=1S/C35H39N7O6S/c1-35(2,3)31-22-32(42(39-31)26-12-10-25(11-13-26)23-48-34(44)40-49(45,46)41(4)5)38-33(43)37-29-14-15-30(28-9-7-6-8-27(28)29)47-21-18-24-16-19-36-20-17-24/h6-17,19-20,22H,18,21,23H2,1-5H3,(H,40,44)(H2,37,38,43). The minimum absolute atomic E-state index is 0.155. The summed E-state index contributed by atoms with van der Waals surface area (Å²) in [5, 5.41) is 12.4. The summed E-state index contributed by atoms with van der Waals surface area (Å²) in [6.45, 7) is 6.41. The minimum atomic E-state index is -3.96. The molecule has 0 saturated carbocycles. The van der Waals surface area contributed by atoms with Crippen LogP contribution in [0.15, 0.2) is 91.3 Å². The molecule has 14 heteroatoms. The highest BCUT2D eigenvalue weighted by Crippen LogP contribution is 2.32. The van der Waals surface area contributed by atoms with Gasteiger partial charge in [-0.25, -0.2) is 19.0 Å². The van der Waals surface area contributed by atoms with Crippen molar-refractivity contribution < 1.29 is 27.5 Å². The molecule has 2 heterocycles. The highest BCUT2D eigenvalue weighted by atomic mass is 32.2. The molecule has 5 rings (SSSR count). The summed E-state index contributed by atoms with van der Waals surface area (Å²) in [6.07, 6.45) is 3.17. The Bertz CT molecular complexity index is 2040. The predicted molar refractivity (Wildman–Crippen MR) is 188 cm³/mol. The van der Waals surface area contributed by atoms with E-state index in [9.17, 15) is 18.0 Å². The Labute approximate surface area is 285 Å². The molecule has 0 fully saturated rings. The van der Waals surface area contributed by atoms with Crippen molar-refractivity contribution >= 4 is 44.6 Å². The Balaban J connectivity index is 1.29. The number of amides is 3. The molecule has 0 aliphatic carbocycles. The molecule has 0 saturated heterocycles. The van der Waals surface area contributed by atoms with E-state index in [1.165, 1.54) is 14.1 Å². The largest absolute Gasteiger partial charge is 0.493 e. The minimum Gasteiger partial charge on any atom is -0.493 e. The Morgan fingerprint density at radius 1 is 0.878 bits per heavy atom. The highest BCUT2D eigenvalue weighted by Gasteiger charge is 2.22. The van der Waals surface area contributed by atoms with Crippen molar-refractivity contribution in [2.24, 2.45) is 0 Å². The molecule has 0 aliphatic heterocycles. The number of carbonyl (C=O) groups is 2. The van der Waals surface area contributed by atoms with Crippen LogP contribution in [0.1, 0.15) is 37.6 Å². The normalized spacial score (nSPS) is 11.7. The SMILES string of the molecule is CN(C)S(=O)(=O)NC(=O)OCc1ccc(-n2nc(C(C)(C)C)cc2NC(=O)Nc2ccc(OCCc3ccncc3)c3ccccc23)cc1. The maximum absolute atomic E-state index is 13.4. The Hall–Kier alpha value is -5.47. The molecule has 256 valence electrons. The number of ether oxygens (including phenoxy) is 2. The lowest BCUT2D eigenvalue weighted by Gasteiger charge is -2.15. The van der Waals surface area contributed by atoms with Gasteiger partial charge in [-0.15, -0.1) is 0 Å². The fourth-order valence-electron chi connectivity index (χ4n) is 4.75. The molecule has 3 N–H and O–H groups in total. The van der Waals surface area contributed by atoms with E-state index in [-0.39, 0.29) is 12.0 Å². The first-order valence-electron chi connectivity index (χ1n) is 15.5. The summed E-state index contributed by atoms with van der Waals surface area (Å²) < 4.78 is 39.2. The number of urea groups is 1. The first-order valence-corrected chi connectivity index (χ1v) is 16.9. The van der Waals surface area contributed by atoms with Crippen LogP contribution in [-0.2, 0) is 33.4 Å². The lowest BCUT2D eigenvalue weighted by atomic mass is 9.92. The van der Waals surface area contributed by atoms with Crippen molar-refractivity contribution in [3.8, 4) is 11.4 Å². The van der Waals surface area contributed by atoms with Gasteiger partial charge in [0, 0.05) is 55.2 Å². The van der Waals surface area contributed by atoms with Crippen molar-refractivity contribution in [2.45, 2.75) is 39.2 Å². The number of hydrogen-bond donors (Lipinski definition) is 3. The monoisotopic (exact) mass is 685 g/mol. The predicted octanol–water partition coefficient (Wildman–Crippen LogP) is 6.02. The van der Waals surface area contributed by atoms with Gasteiger partial charge in [0.15, 0.2) is 0 Å². The molecule has 0 bridgehead atoms. The van der Waals surface area contributed by atoms with E-state index in [1.807, 2.05) is 80.1 Å². The maximum atomic E-state index is 13.4. The van der Waals surface area contributed by atoms with Gasteiger partial charge in [0.05, 0.1) is 23.7 Å². The molecule has 0 spiro atoms. The molecule has 0 atom stereocenters. The second kappa shape index (κ2) is 14.7. The zero-order valence-corrected chi connectivity index (χ0v) is 28.7. The lowest BCUT2D eigenvalue weighted by Crippen LogP contribution is -2.39. The molecule has 49 heavy (non-hydrogen) atoms. The van der Waals surface area contributed by atoms with E-state index < -0.39 is 22.3 Å². The number of hydrogen-bond acceptors (Lipinski definition) is 8. The number of pyridine rings is 1. The zero-order valence-electron chi connectivity index (χ0n) is 27.9. The topological polar surface area (TPSA) is 157 Å². The molecule has 5 aromatic rings. The third-order valence-electron chi connectivity index (χ3n) is 7.49. The van der Waals surface area contributed by atoms with E-state index in [0.29, 0.717) is 29.4 Å².